The number of aromatic nitrogens is 3. The molecule has 10 aromatic rings. The molecule has 0 radical (unpaired) electrons. The number of rotatable bonds is 3. The lowest BCUT2D eigenvalue weighted by Gasteiger charge is -2.15. The van der Waals surface area contributed by atoms with Gasteiger partial charge in [0, 0.05) is 27.1 Å². The van der Waals surface area contributed by atoms with Crippen molar-refractivity contribution in [3.63, 3.8) is 0 Å². The lowest BCUT2D eigenvalue weighted by atomic mass is 10.0. The monoisotopic (exact) mass is 587 g/mol. The molecule has 0 aliphatic heterocycles. The first-order valence-corrected chi connectivity index (χ1v) is 15.5. The Morgan fingerprint density at radius 1 is 0.457 bits per heavy atom. The Hall–Kier alpha value is -6.26. The van der Waals surface area contributed by atoms with Crippen molar-refractivity contribution in [1.29, 1.82) is 0 Å². The molecule has 0 atom stereocenters. The van der Waals surface area contributed by atoms with Gasteiger partial charge in [-0.15, -0.1) is 0 Å². The Kier molecular flexibility index (Phi) is 5.25. The third-order valence-electron chi connectivity index (χ3n) is 9.16. The predicted octanol–water partition coefficient (Wildman–Crippen LogP) is 11.1. The Morgan fingerprint density at radius 3 is 2.09 bits per heavy atom. The van der Waals surface area contributed by atoms with E-state index in [1.54, 1.807) is 0 Å². The Labute approximate surface area is 263 Å². The normalized spacial score (nSPS) is 11.9. The van der Waals surface area contributed by atoms with Crippen molar-refractivity contribution in [3.05, 3.63) is 152 Å². The average Bonchev–Trinajstić information content (AvgIpc) is 3.66. The summed E-state index contributed by atoms with van der Waals surface area (Å²) in [6.45, 7) is 0. The van der Waals surface area contributed by atoms with Crippen molar-refractivity contribution < 1.29 is 4.42 Å². The van der Waals surface area contributed by atoms with Crippen molar-refractivity contribution in [2.75, 3.05) is 0 Å². The molecular weight excluding hydrogens is 562 g/mol. The molecule has 0 saturated heterocycles. The SMILES string of the molecule is c1ccc(-c2ccc3nc(-n4c5ccccc5c5cc6ccccc6cc54)c(-c4cccc5c4oc4ccccc45)nc3c2)cc1. The third-order valence-corrected chi connectivity index (χ3v) is 9.16. The molecule has 3 heterocycles. The van der Waals surface area contributed by atoms with E-state index in [2.05, 4.69) is 138 Å². The Morgan fingerprint density at radius 2 is 1.20 bits per heavy atom. The van der Waals surface area contributed by atoms with E-state index in [-0.39, 0.29) is 0 Å². The van der Waals surface area contributed by atoms with Crippen molar-refractivity contribution in [1.82, 2.24) is 14.5 Å². The molecule has 214 valence electrons. The van der Waals surface area contributed by atoms with Crippen LogP contribution in [0.4, 0.5) is 0 Å². The second-order valence-electron chi connectivity index (χ2n) is 11.8. The summed E-state index contributed by atoms with van der Waals surface area (Å²) in [5.74, 6) is 0.773. The van der Waals surface area contributed by atoms with E-state index in [1.807, 2.05) is 18.2 Å². The summed E-state index contributed by atoms with van der Waals surface area (Å²) in [4.78, 5) is 10.9. The minimum absolute atomic E-state index is 0.773. The second kappa shape index (κ2) is 9.62. The first-order chi connectivity index (χ1) is 22.8. The lowest BCUT2D eigenvalue weighted by Crippen LogP contribution is -2.04. The first-order valence-electron chi connectivity index (χ1n) is 15.5. The number of para-hydroxylation sites is 3. The van der Waals surface area contributed by atoms with E-state index in [1.165, 1.54) is 21.5 Å². The number of furan rings is 1. The van der Waals surface area contributed by atoms with Crippen LogP contribution in [0.3, 0.4) is 0 Å². The highest BCUT2D eigenvalue weighted by atomic mass is 16.3. The van der Waals surface area contributed by atoms with Crippen LogP contribution in [-0.4, -0.2) is 14.5 Å². The van der Waals surface area contributed by atoms with Crippen LogP contribution in [0.5, 0.6) is 0 Å². The summed E-state index contributed by atoms with van der Waals surface area (Å²) in [6, 6.07) is 53.0. The lowest BCUT2D eigenvalue weighted by molar-refractivity contribution is 0.669. The van der Waals surface area contributed by atoms with Gasteiger partial charge in [-0.25, -0.2) is 9.97 Å². The van der Waals surface area contributed by atoms with Gasteiger partial charge in [-0.1, -0.05) is 109 Å². The zero-order valence-corrected chi connectivity index (χ0v) is 24.7. The van der Waals surface area contributed by atoms with E-state index < -0.39 is 0 Å². The van der Waals surface area contributed by atoms with E-state index in [0.29, 0.717) is 0 Å². The zero-order valence-electron chi connectivity index (χ0n) is 24.7. The fourth-order valence-corrected chi connectivity index (χ4v) is 7.01. The van der Waals surface area contributed by atoms with E-state index in [9.17, 15) is 0 Å². The molecule has 0 N–H and O–H groups in total. The van der Waals surface area contributed by atoms with Crippen LogP contribution in [0.1, 0.15) is 0 Å². The van der Waals surface area contributed by atoms with Crippen molar-refractivity contribution >= 4 is 65.6 Å². The maximum Gasteiger partial charge on any atom is 0.165 e. The largest absolute Gasteiger partial charge is 0.455 e. The second-order valence-corrected chi connectivity index (χ2v) is 11.8. The minimum atomic E-state index is 0.773. The molecule has 0 fully saturated rings. The number of nitrogens with zero attached hydrogens (tertiary/aromatic N) is 3. The van der Waals surface area contributed by atoms with Crippen LogP contribution in [-0.2, 0) is 0 Å². The van der Waals surface area contributed by atoms with Gasteiger partial charge in [-0.05, 0) is 64.4 Å². The summed E-state index contributed by atoms with van der Waals surface area (Å²) >= 11 is 0. The minimum Gasteiger partial charge on any atom is -0.455 e. The van der Waals surface area contributed by atoms with Crippen LogP contribution >= 0.6 is 0 Å². The van der Waals surface area contributed by atoms with Gasteiger partial charge >= 0.3 is 0 Å². The predicted molar refractivity (Wildman–Crippen MR) is 190 cm³/mol. The van der Waals surface area contributed by atoms with Crippen molar-refractivity contribution in [2.45, 2.75) is 0 Å². The molecule has 3 aromatic heterocycles. The van der Waals surface area contributed by atoms with Crippen LogP contribution in [0.25, 0.3) is 93.8 Å². The third kappa shape index (κ3) is 3.67. The van der Waals surface area contributed by atoms with Gasteiger partial charge in [0.1, 0.15) is 16.9 Å². The van der Waals surface area contributed by atoms with Crippen molar-refractivity contribution in [2.24, 2.45) is 0 Å². The Bertz CT molecular complexity index is 2810. The standard InChI is InChI=1S/C42H25N3O/c1-2-11-26(12-3-1)29-21-22-35-36(24-29)43-40(33-18-10-17-32-31-16-7-9-20-39(31)46-41(32)33)42(44-35)45-37-19-8-6-15-30(37)34-23-27-13-4-5-14-28(27)25-38(34)45/h1-25H. The van der Waals surface area contributed by atoms with Crippen LogP contribution in [0.15, 0.2) is 156 Å². The smallest absolute Gasteiger partial charge is 0.165 e. The average molecular weight is 588 g/mol. The highest BCUT2D eigenvalue weighted by Crippen LogP contribution is 2.41. The fourth-order valence-electron chi connectivity index (χ4n) is 7.01. The molecule has 0 unspecified atom stereocenters. The first kappa shape index (κ1) is 25.1. The molecule has 10 rings (SSSR count). The van der Waals surface area contributed by atoms with E-state index in [0.717, 1.165) is 72.2 Å². The molecular formula is C42H25N3O. The van der Waals surface area contributed by atoms with Crippen LogP contribution in [0, 0.1) is 0 Å². The molecule has 4 nitrogen and oxygen atoms in total. The van der Waals surface area contributed by atoms with Gasteiger partial charge in [0.05, 0.1) is 22.1 Å². The maximum absolute atomic E-state index is 6.57. The molecule has 0 saturated carbocycles. The van der Waals surface area contributed by atoms with E-state index in [4.69, 9.17) is 14.4 Å². The van der Waals surface area contributed by atoms with Gasteiger partial charge in [-0.3, -0.25) is 4.57 Å². The highest BCUT2D eigenvalue weighted by molar-refractivity contribution is 6.15. The molecule has 0 spiro atoms. The van der Waals surface area contributed by atoms with Gasteiger partial charge in [0.25, 0.3) is 0 Å². The molecule has 0 aliphatic rings. The number of hydrogen-bond acceptors (Lipinski definition) is 3. The summed E-state index contributed by atoms with van der Waals surface area (Å²) in [7, 11) is 0. The van der Waals surface area contributed by atoms with Crippen LogP contribution in [0.2, 0.25) is 0 Å². The summed E-state index contributed by atoms with van der Waals surface area (Å²) in [5, 5.41) is 6.90. The molecule has 4 heteroatoms. The maximum atomic E-state index is 6.57. The zero-order chi connectivity index (χ0) is 30.2. The van der Waals surface area contributed by atoms with Gasteiger partial charge in [0.2, 0.25) is 0 Å². The van der Waals surface area contributed by atoms with Gasteiger partial charge in [-0.2, -0.15) is 0 Å². The van der Waals surface area contributed by atoms with Gasteiger partial charge in [0.15, 0.2) is 5.82 Å². The summed E-state index contributed by atoms with van der Waals surface area (Å²) < 4.78 is 8.85. The number of fused-ring (bicyclic) bond motifs is 8. The topological polar surface area (TPSA) is 43.9 Å². The number of benzene rings is 7. The quantitative estimate of drug-likeness (QED) is 0.207. The van der Waals surface area contributed by atoms with Crippen molar-refractivity contribution in [3.8, 4) is 28.2 Å². The highest BCUT2D eigenvalue weighted by Gasteiger charge is 2.22. The molecule has 0 bridgehead atoms. The van der Waals surface area contributed by atoms with Gasteiger partial charge < -0.3 is 4.42 Å². The summed E-state index contributed by atoms with van der Waals surface area (Å²) in [5.41, 5.74) is 9.44. The van der Waals surface area contributed by atoms with Crippen LogP contribution < -0.4 is 0 Å². The molecule has 7 aromatic carbocycles. The molecule has 0 amide bonds. The summed E-state index contributed by atoms with van der Waals surface area (Å²) in [6.07, 6.45) is 0. The Balaban J connectivity index is 1.35. The van der Waals surface area contributed by atoms with E-state index >= 15 is 0 Å². The molecule has 0 aliphatic carbocycles. The fraction of sp³-hybridized carbons (Fsp3) is 0. The number of hydrogen-bond donors (Lipinski definition) is 0. The molecule has 46 heavy (non-hydrogen) atoms.